The average molecular weight is 325 g/mol. The molecule has 22 heavy (non-hydrogen) atoms. The van der Waals surface area contributed by atoms with Crippen LogP contribution in [0.4, 0.5) is 0 Å². The van der Waals surface area contributed by atoms with E-state index in [-0.39, 0.29) is 5.04 Å². The maximum atomic E-state index is 10.9. The highest BCUT2D eigenvalue weighted by Gasteiger charge is 2.37. The summed E-state index contributed by atoms with van der Waals surface area (Å²) in [6.07, 6.45) is -1.13. The van der Waals surface area contributed by atoms with E-state index in [9.17, 15) is 15.2 Å². The van der Waals surface area contributed by atoms with Gasteiger partial charge in [-0.25, -0.2) is 0 Å². The smallest absolute Gasteiger partial charge is 0.239 e. The first kappa shape index (κ1) is 18.8. The number of hydrogen-bond donors (Lipinski definition) is 1. The van der Waals surface area contributed by atoms with Gasteiger partial charge in [-0.2, -0.15) is 0 Å². The highest BCUT2D eigenvalue weighted by Crippen LogP contribution is 2.37. The molecule has 0 amide bonds. The van der Waals surface area contributed by atoms with Gasteiger partial charge < -0.3 is 9.53 Å². The van der Waals surface area contributed by atoms with Crippen molar-refractivity contribution in [3.63, 3.8) is 0 Å². The lowest BCUT2D eigenvalue weighted by Crippen LogP contribution is -2.40. The minimum Gasteiger partial charge on any atom is -0.413 e. The van der Waals surface area contributed by atoms with Crippen molar-refractivity contribution in [2.24, 2.45) is 0 Å². The van der Waals surface area contributed by atoms with Gasteiger partial charge in [-0.1, -0.05) is 45.0 Å². The quantitative estimate of drug-likeness (QED) is 0.489. The monoisotopic (exact) mass is 325 g/mol. The van der Waals surface area contributed by atoms with Crippen LogP contribution in [0.3, 0.4) is 0 Å². The molecule has 0 aliphatic carbocycles. The van der Waals surface area contributed by atoms with E-state index in [1.807, 2.05) is 12.1 Å². The van der Waals surface area contributed by atoms with Crippen LogP contribution in [0.15, 0.2) is 24.3 Å². The van der Waals surface area contributed by atoms with Gasteiger partial charge in [0.15, 0.2) is 8.32 Å². The van der Waals surface area contributed by atoms with E-state index < -0.39 is 25.4 Å². The second-order valence-electron chi connectivity index (χ2n) is 7.22. The lowest BCUT2D eigenvalue weighted by Gasteiger charge is -2.36. The Morgan fingerprint density at radius 1 is 1.32 bits per heavy atom. The van der Waals surface area contributed by atoms with Crippen LogP contribution in [0.25, 0.3) is 0 Å². The molecule has 1 aromatic rings. The van der Waals surface area contributed by atoms with Crippen LogP contribution in [0.5, 0.6) is 0 Å². The molecule has 5 nitrogen and oxygen atoms in total. The Morgan fingerprint density at radius 3 is 2.36 bits per heavy atom. The minimum atomic E-state index is -1.91. The molecule has 0 saturated carbocycles. The Bertz CT molecular complexity index is 525. The first-order valence-corrected chi connectivity index (χ1v) is 10.4. The average Bonchev–Trinajstić information content (AvgIpc) is 2.42. The van der Waals surface area contributed by atoms with Crippen LogP contribution in [-0.2, 0) is 11.0 Å². The van der Waals surface area contributed by atoms with Crippen molar-refractivity contribution in [3.8, 4) is 0 Å². The summed E-state index contributed by atoms with van der Waals surface area (Å²) in [5, 5.41) is 21.2. The van der Waals surface area contributed by atoms with Crippen molar-refractivity contribution >= 4 is 8.32 Å². The summed E-state index contributed by atoms with van der Waals surface area (Å²) in [7, 11) is -1.91. The van der Waals surface area contributed by atoms with E-state index in [1.165, 1.54) is 6.92 Å². The van der Waals surface area contributed by atoms with Crippen LogP contribution < -0.4 is 0 Å². The molecule has 0 saturated heterocycles. The summed E-state index contributed by atoms with van der Waals surface area (Å²) in [5.41, 5.74) is 1.39. The van der Waals surface area contributed by atoms with Crippen molar-refractivity contribution < 1.29 is 14.5 Å². The van der Waals surface area contributed by atoms with E-state index in [2.05, 4.69) is 33.9 Å². The summed E-state index contributed by atoms with van der Waals surface area (Å²) in [6, 6.07) is 6.18. The Hall–Kier alpha value is -1.24. The third kappa shape index (κ3) is 4.38. The van der Waals surface area contributed by atoms with Gasteiger partial charge in [-0.05, 0) is 29.3 Å². The van der Waals surface area contributed by atoms with E-state index in [0.29, 0.717) is 12.2 Å². The zero-order chi connectivity index (χ0) is 17.1. The zero-order valence-corrected chi connectivity index (χ0v) is 15.3. The number of hydrogen-bond acceptors (Lipinski definition) is 4. The predicted octanol–water partition coefficient (Wildman–Crippen LogP) is 3.91. The van der Waals surface area contributed by atoms with Crippen molar-refractivity contribution in [3.05, 3.63) is 45.5 Å². The van der Waals surface area contributed by atoms with E-state index in [0.717, 1.165) is 5.56 Å². The minimum absolute atomic E-state index is 0.0920. The maximum absolute atomic E-state index is 10.9. The summed E-state index contributed by atoms with van der Waals surface area (Å²) >= 11 is 0. The Balaban J connectivity index is 2.96. The SMILES string of the molecule is CC(C(O)c1ccccc1CO[Si](C)(C)C(C)(C)C)[N+](=O)[O-]. The van der Waals surface area contributed by atoms with Gasteiger partial charge in [0, 0.05) is 11.8 Å². The molecule has 0 bridgehead atoms. The van der Waals surface area contributed by atoms with Crippen molar-refractivity contribution in [2.45, 2.75) is 64.6 Å². The maximum Gasteiger partial charge on any atom is 0.239 e. The van der Waals surface area contributed by atoms with Gasteiger partial charge in [-0.3, -0.25) is 10.1 Å². The molecule has 0 aromatic heterocycles. The summed E-state index contributed by atoms with van der Waals surface area (Å²) < 4.78 is 6.17. The summed E-state index contributed by atoms with van der Waals surface area (Å²) in [5.74, 6) is 0. The zero-order valence-electron chi connectivity index (χ0n) is 14.3. The molecule has 0 fully saturated rings. The van der Waals surface area contributed by atoms with Gasteiger partial charge in [0.1, 0.15) is 6.10 Å². The fraction of sp³-hybridized carbons (Fsp3) is 0.625. The summed E-state index contributed by atoms with van der Waals surface area (Å²) in [6.45, 7) is 12.6. The van der Waals surface area contributed by atoms with Gasteiger partial charge in [0.2, 0.25) is 6.04 Å². The Labute approximate surface area is 133 Å². The Kier molecular flexibility index (Phi) is 5.89. The van der Waals surface area contributed by atoms with Crippen LogP contribution in [0.1, 0.15) is 44.9 Å². The molecule has 0 aliphatic rings. The van der Waals surface area contributed by atoms with Crippen LogP contribution >= 0.6 is 0 Å². The highest BCUT2D eigenvalue weighted by atomic mass is 28.4. The van der Waals surface area contributed by atoms with E-state index in [1.54, 1.807) is 12.1 Å². The normalized spacial score (nSPS) is 15.4. The number of nitrogens with zero attached hydrogens (tertiary/aromatic N) is 1. The van der Waals surface area contributed by atoms with E-state index in [4.69, 9.17) is 4.43 Å². The van der Waals surface area contributed by atoms with Gasteiger partial charge in [-0.15, -0.1) is 0 Å². The molecule has 0 aliphatic heterocycles. The van der Waals surface area contributed by atoms with Gasteiger partial charge in [0.05, 0.1) is 6.61 Å². The third-order valence-electron chi connectivity index (χ3n) is 4.56. The summed E-state index contributed by atoms with van der Waals surface area (Å²) in [4.78, 5) is 10.4. The molecule has 2 unspecified atom stereocenters. The van der Waals surface area contributed by atoms with Crippen molar-refractivity contribution in [2.75, 3.05) is 0 Å². The standard InChI is InChI=1S/C16H27NO4Si/c1-12(17(19)20)15(18)14-10-8-7-9-13(14)11-21-22(5,6)16(2,3)4/h7-10,12,15,18H,11H2,1-6H3. The van der Waals surface area contributed by atoms with Crippen molar-refractivity contribution in [1.82, 2.24) is 0 Å². The molecule has 1 aromatic carbocycles. The largest absolute Gasteiger partial charge is 0.413 e. The van der Waals surface area contributed by atoms with Crippen LogP contribution in [-0.4, -0.2) is 24.4 Å². The van der Waals surface area contributed by atoms with Gasteiger partial charge in [0.25, 0.3) is 0 Å². The first-order chi connectivity index (χ1) is 9.97. The fourth-order valence-electron chi connectivity index (χ4n) is 1.80. The number of aliphatic hydroxyl groups excluding tert-OH is 1. The second-order valence-corrected chi connectivity index (χ2v) is 12.0. The molecule has 124 valence electrons. The first-order valence-electron chi connectivity index (χ1n) is 7.50. The fourth-order valence-corrected chi connectivity index (χ4v) is 2.75. The molecule has 1 rings (SSSR count). The number of nitro groups is 1. The molecule has 0 radical (unpaired) electrons. The van der Waals surface area contributed by atoms with Crippen LogP contribution in [0, 0.1) is 10.1 Å². The second kappa shape index (κ2) is 6.89. The van der Waals surface area contributed by atoms with Crippen molar-refractivity contribution in [1.29, 1.82) is 0 Å². The number of benzene rings is 1. The number of rotatable bonds is 6. The predicted molar refractivity (Wildman–Crippen MR) is 89.8 cm³/mol. The molecular weight excluding hydrogens is 298 g/mol. The lowest BCUT2D eigenvalue weighted by molar-refractivity contribution is -0.531. The molecule has 0 spiro atoms. The van der Waals surface area contributed by atoms with Crippen LogP contribution in [0.2, 0.25) is 18.1 Å². The molecular formula is C16H27NO4Si. The highest BCUT2D eigenvalue weighted by molar-refractivity contribution is 6.74. The third-order valence-corrected chi connectivity index (χ3v) is 9.04. The van der Waals surface area contributed by atoms with E-state index >= 15 is 0 Å². The van der Waals surface area contributed by atoms with Gasteiger partial charge >= 0.3 is 0 Å². The lowest BCUT2D eigenvalue weighted by atomic mass is 9.99. The topological polar surface area (TPSA) is 72.6 Å². The number of aliphatic hydroxyl groups is 1. The Morgan fingerprint density at radius 2 is 1.86 bits per heavy atom. The molecule has 2 atom stereocenters. The molecule has 0 heterocycles. The molecule has 6 heteroatoms. The molecule has 1 N–H and O–H groups in total.